The Balaban J connectivity index is 2.04. The Kier molecular flexibility index (Phi) is 6.67. The van der Waals surface area contributed by atoms with E-state index in [-0.39, 0.29) is 22.0 Å². The summed E-state index contributed by atoms with van der Waals surface area (Å²) in [5.41, 5.74) is 5.73. The lowest BCUT2D eigenvalue weighted by atomic mass is 10.2. The van der Waals surface area contributed by atoms with Crippen LogP contribution in [0.25, 0.3) is 0 Å². The number of nitrogens with two attached hydrogens (primary N) is 1. The lowest BCUT2D eigenvalue weighted by Gasteiger charge is -2.15. The maximum Gasteiger partial charge on any atom is 0.372 e. The highest BCUT2D eigenvalue weighted by Gasteiger charge is 2.24. The van der Waals surface area contributed by atoms with Crippen molar-refractivity contribution in [2.24, 2.45) is 5.73 Å². The molecule has 0 atom stereocenters. The zero-order chi connectivity index (χ0) is 20.9. The number of likely N-dealkylation sites (N-methyl/N-ethyl adjacent to an activating group) is 1. The Labute approximate surface area is 165 Å². The number of carbonyl (C=O) groups excluding carboxylic acids is 1. The summed E-state index contributed by atoms with van der Waals surface area (Å²) in [6, 6.07) is 10.8. The lowest BCUT2D eigenvalue weighted by Crippen LogP contribution is -2.76. The molecule has 0 heterocycles. The van der Waals surface area contributed by atoms with Crippen LogP contribution in [0.2, 0.25) is 5.02 Å². The molecule has 0 saturated carbocycles. The van der Waals surface area contributed by atoms with E-state index in [1.165, 1.54) is 55.6 Å². The van der Waals surface area contributed by atoms with Crippen molar-refractivity contribution in [2.75, 3.05) is 13.6 Å². The van der Waals surface area contributed by atoms with Gasteiger partial charge in [0, 0.05) is 24.2 Å². The third kappa shape index (κ3) is 5.25. The van der Waals surface area contributed by atoms with Gasteiger partial charge in [-0.3, -0.25) is 20.7 Å². The van der Waals surface area contributed by atoms with E-state index in [0.29, 0.717) is 5.02 Å². The van der Waals surface area contributed by atoms with Crippen molar-refractivity contribution in [3.8, 4) is 0 Å². The number of hydrogen-bond donors (Lipinski definition) is 2. The number of benzene rings is 2. The molecule has 0 radical (unpaired) electrons. The summed E-state index contributed by atoms with van der Waals surface area (Å²) in [7, 11) is -2.72. The van der Waals surface area contributed by atoms with E-state index in [4.69, 9.17) is 22.2 Å². The maximum absolute atomic E-state index is 12.4. The average Bonchev–Trinajstić information content (AvgIpc) is 2.66. The SMILES string of the molecule is CN(CC(=O)O[NH+]=C(N)c1cccc([N+](=O)[O-])c1)S(=O)(=O)c1ccc(Cl)cc1. The van der Waals surface area contributed by atoms with Crippen LogP contribution in [0, 0.1) is 10.1 Å². The van der Waals surface area contributed by atoms with Crippen LogP contribution < -0.4 is 10.9 Å². The molecule has 3 N–H and O–H groups in total. The smallest absolute Gasteiger partial charge is 0.284 e. The monoisotopic (exact) mass is 427 g/mol. The van der Waals surface area contributed by atoms with Gasteiger partial charge in [-0.05, 0) is 30.3 Å². The minimum atomic E-state index is -3.92. The third-order valence-corrected chi connectivity index (χ3v) is 5.59. The second-order valence-electron chi connectivity index (χ2n) is 5.51. The molecule has 10 nitrogen and oxygen atoms in total. The lowest BCUT2D eigenvalue weighted by molar-refractivity contribution is -0.723. The van der Waals surface area contributed by atoms with E-state index < -0.39 is 27.5 Å². The normalized spacial score (nSPS) is 12.0. The van der Waals surface area contributed by atoms with Crippen molar-refractivity contribution >= 4 is 39.1 Å². The number of nitro groups is 1. The average molecular weight is 428 g/mol. The van der Waals surface area contributed by atoms with Gasteiger partial charge in [0.25, 0.3) is 5.69 Å². The molecular formula is C16H16ClN4O6S+. The van der Waals surface area contributed by atoms with Gasteiger partial charge in [-0.15, -0.1) is 0 Å². The van der Waals surface area contributed by atoms with Crippen LogP contribution >= 0.6 is 11.6 Å². The number of nitrogens with zero attached hydrogens (tertiary/aromatic N) is 2. The van der Waals surface area contributed by atoms with Crippen molar-refractivity contribution < 1.29 is 28.1 Å². The fourth-order valence-corrected chi connectivity index (χ4v) is 3.28. The van der Waals surface area contributed by atoms with Crippen molar-refractivity contribution in [3.63, 3.8) is 0 Å². The molecule has 12 heteroatoms. The van der Waals surface area contributed by atoms with Gasteiger partial charge < -0.3 is 0 Å². The Morgan fingerprint density at radius 1 is 1.29 bits per heavy atom. The van der Waals surface area contributed by atoms with Crippen molar-refractivity contribution in [1.82, 2.24) is 4.31 Å². The minimum absolute atomic E-state index is 0.0390. The number of nitro benzene ring substituents is 1. The standard InChI is InChI=1S/C16H15ClN4O6S/c1-20(28(25,26)14-7-5-12(17)6-8-14)10-15(22)27-19-16(18)11-3-2-4-13(9-11)21(23)24/h2-9H,10H2,1H3,(H2,18,19)/p+1. The minimum Gasteiger partial charge on any atom is -0.284 e. The number of carbonyl (C=O) groups is 1. The van der Waals surface area contributed by atoms with Gasteiger partial charge in [0.2, 0.25) is 10.0 Å². The van der Waals surface area contributed by atoms with E-state index in [1.54, 1.807) is 0 Å². The summed E-state index contributed by atoms with van der Waals surface area (Å²) in [5.74, 6) is -1.09. The number of non-ortho nitro benzene ring substituents is 1. The molecule has 0 saturated heterocycles. The predicted molar refractivity (Wildman–Crippen MR) is 99.7 cm³/mol. The van der Waals surface area contributed by atoms with Crippen molar-refractivity contribution in [2.45, 2.75) is 4.90 Å². The quantitative estimate of drug-likeness (QED) is 0.205. The Morgan fingerprint density at radius 2 is 1.93 bits per heavy atom. The number of rotatable bonds is 7. The van der Waals surface area contributed by atoms with E-state index in [0.717, 1.165) is 4.31 Å². The Bertz CT molecular complexity index is 1020. The first kappa shape index (κ1) is 21.3. The number of halogens is 1. The molecule has 148 valence electrons. The zero-order valence-corrected chi connectivity index (χ0v) is 16.1. The van der Waals surface area contributed by atoms with E-state index in [2.05, 4.69) is 5.16 Å². The number of sulfonamides is 1. The fourth-order valence-electron chi connectivity index (χ4n) is 2.04. The van der Waals surface area contributed by atoms with Crippen LogP contribution in [0.15, 0.2) is 53.4 Å². The van der Waals surface area contributed by atoms with Crippen LogP contribution in [0.5, 0.6) is 0 Å². The Hall–Kier alpha value is -3.02. The highest BCUT2D eigenvalue weighted by atomic mass is 35.5. The summed E-state index contributed by atoms with van der Waals surface area (Å²) >= 11 is 5.73. The summed E-state index contributed by atoms with van der Waals surface area (Å²) in [6.45, 7) is -0.597. The van der Waals surface area contributed by atoms with Crippen LogP contribution in [0.1, 0.15) is 5.56 Å². The number of hydrogen-bond acceptors (Lipinski definition) is 6. The predicted octanol–water partition coefficient (Wildman–Crippen LogP) is -0.187. The van der Waals surface area contributed by atoms with Gasteiger partial charge in [0.15, 0.2) is 0 Å². The molecule has 0 aliphatic heterocycles. The molecule has 2 aromatic carbocycles. The number of amidine groups is 1. The largest absolute Gasteiger partial charge is 0.372 e. The van der Waals surface area contributed by atoms with Crippen LogP contribution in [-0.2, 0) is 19.7 Å². The Morgan fingerprint density at radius 3 is 2.54 bits per heavy atom. The highest BCUT2D eigenvalue weighted by Crippen LogP contribution is 2.17. The first-order valence-corrected chi connectivity index (χ1v) is 9.48. The van der Waals surface area contributed by atoms with E-state index in [9.17, 15) is 23.3 Å². The molecule has 0 aliphatic carbocycles. The first-order valence-electron chi connectivity index (χ1n) is 7.66. The van der Waals surface area contributed by atoms with Gasteiger partial charge in [-0.1, -0.05) is 22.8 Å². The maximum atomic E-state index is 12.4. The molecule has 0 aliphatic rings. The van der Waals surface area contributed by atoms with Gasteiger partial charge in [0.05, 0.1) is 15.4 Å². The topological polar surface area (TPSA) is 147 Å². The van der Waals surface area contributed by atoms with E-state index in [1.807, 2.05) is 0 Å². The van der Waals surface area contributed by atoms with Crippen LogP contribution in [0.3, 0.4) is 0 Å². The molecule has 0 fully saturated rings. The van der Waals surface area contributed by atoms with Gasteiger partial charge in [-0.25, -0.2) is 13.2 Å². The van der Waals surface area contributed by atoms with E-state index >= 15 is 0 Å². The summed E-state index contributed by atoms with van der Waals surface area (Å²) < 4.78 is 25.6. The number of nitrogen functional groups attached to an aromatic ring is 1. The van der Waals surface area contributed by atoms with Gasteiger partial charge >= 0.3 is 11.8 Å². The molecule has 2 rings (SSSR count). The second-order valence-corrected chi connectivity index (χ2v) is 7.99. The number of nitrogens with one attached hydrogen (secondary N) is 1. The molecule has 0 spiro atoms. The molecule has 0 unspecified atom stereocenters. The van der Waals surface area contributed by atoms with Gasteiger partial charge in [-0.2, -0.15) is 4.31 Å². The fraction of sp³-hybridized carbons (Fsp3) is 0.125. The molecule has 0 bridgehead atoms. The summed E-state index contributed by atoms with van der Waals surface area (Å²) in [5, 5.41) is 13.3. The van der Waals surface area contributed by atoms with Crippen molar-refractivity contribution in [1.29, 1.82) is 0 Å². The second kappa shape index (κ2) is 8.78. The summed E-state index contributed by atoms with van der Waals surface area (Å²) in [4.78, 5) is 26.8. The van der Waals surface area contributed by atoms with Crippen molar-refractivity contribution in [3.05, 3.63) is 69.2 Å². The highest BCUT2D eigenvalue weighted by molar-refractivity contribution is 7.89. The molecule has 28 heavy (non-hydrogen) atoms. The first-order chi connectivity index (χ1) is 13.1. The molecule has 0 amide bonds. The van der Waals surface area contributed by atoms with Crippen LogP contribution in [-0.4, -0.2) is 43.0 Å². The van der Waals surface area contributed by atoms with Gasteiger partial charge in [0.1, 0.15) is 6.54 Å². The molecule has 2 aromatic rings. The van der Waals surface area contributed by atoms with Crippen LogP contribution in [0.4, 0.5) is 5.69 Å². The third-order valence-electron chi connectivity index (χ3n) is 3.52. The molecule has 0 aromatic heterocycles. The zero-order valence-electron chi connectivity index (χ0n) is 14.5. The summed E-state index contributed by atoms with van der Waals surface area (Å²) in [6.07, 6.45) is 0. The molecular weight excluding hydrogens is 412 g/mol.